The molecule has 0 aromatic rings. The average Bonchev–Trinajstić information content (AvgIpc) is 2.28. The molecular weight excluding hydrogens is 200 g/mol. The Balaban J connectivity index is 4.13. The maximum atomic E-state index is 11.2. The van der Waals surface area contributed by atoms with E-state index in [-0.39, 0.29) is 11.9 Å². The van der Waals surface area contributed by atoms with Crippen LogP contribution in [-0.2, 0) is 4.79 Å². The van der Waals surface area contributed by atoms with Crippen LogP contribution in [0.1, 0.15) is 40.0 Å². The standard InChI is InChI=1S/C13H26N2O/c1-5-9-15(10-6-2)11-12(7-3)14-13(16)8-4/h8,12H,4-7,9-11H2,1-3H3,(H,14,16). The third kappa shape index (κ3) is 6.62. The van der Waals surface area contributed by atoms with Gasteiger partial charge in [-0.25, -0.2) is 0 Å². The molecule has 0 radical (unpaired) electrons. The Bertz CT molecular complexity index is 198. The summed E-state index contributed by atoms with van der Waals surface area (Å²) in [6, 6.07) is 0.239. The number of nitrogens with one attached hydrogen (secondary N) is 1. The summed E-state index contributed by atoms with van der Waals surface area (Å²) in [6.07, 6.45) is 4.62. The Morgan fingerprint density at radius 1 is 1.31 bits per heavy atom. The van der Waals surface area contributed by atoms with Crippen LogP contribution < -0.4 is 5.32 Å². The van der Waals surface area contributed by atoms with Crippen molar-refractivity contribution < 1.29 is 4.79 Å². The number of hydrogen-bond acceptors (Lipinski definition) is 2. The first-order chi connectivity index (χ1) is 7.67. The normalized spacial score (nSPS) is 12.5. The predicted octanol–water partition coefficient (Wildman–Crippen LogP) is 2.19. The molecule has 0 bridgehead atoms. The van der Waals surface area contributed by atoms with E-state index in [0.29, 0.717) is 0 Å². The lowest BCUT2D eigenvalue weighted by molar-refractivity contribution is -0.117. The molecule has 0 saturated heterocycles. The molecule has 0 aromatic heterocycles. The van der Waals surface area contributed by atoms with E-state index in [0.717, 1.165) is 38.9 Å². The van der Waals surface area contributed by atoms with Crippen LogP contribution in [0.15, 0.2) is 12.7 Å². The van der Waals surface area contributed by atoms with Gasteiger partial charge in [0.1, 0.15) is 0 Å². The molecule has 1 amide bonds. The smallest absolute Gasteiger partial charge is 0.243 e. The van der Waals surface area contributed by atoms with Gasteiger partial charge in [0.2, 0.25) is 5.91 Å². The fourth-order valence-electron chi connectivity index (χ4n) is 1.78. The van der Waals surface area contributed by atoms with Crippen molar-refractivity contribution in [3.8, 4) is 0 Å². The fraction of sp³-hybridized carbons (Fsp3) is 0.769. The largest absolute Gasteiger partial charge is 0.349 e. The van der Waals surface area contributed by atoms with Crippen molar-refractivity contribution in [3.05, 3.63) is 12.7 Å². The lowest BCUT2D eigenvalue weighted by atomic mass is 10.2. The van der Waals surface area contributed by atoms with Crippen molar-refractivity contribution in [2.24, 2.45) is 0 Å². The zero-order valence-electron chi connectivity index (χ0n) is 11.0. The summed E-state index contributed by atoms with van der Waals surface area (Å²) in [6.45, 7) is 13.1. The van der Waals surface area contributed by atoms with Crippen LogP contribution in [0.5, 0.6) is 0 Å². The molecule has 1 unspecified atom stereocenters. The maximum Gasteiger partial charge on any atom is 0.243 e. The lowest BCUT2D eigenvalue weighted by Gasteiger charge is -2.26. The van der Waals surface area contributed by atoms with Crippen LogP contribution in [0.2, 0.25) is 0 Å². The van der Waals surface area contributed by atoms with E-state index >= 15 is 0 Å². The van der Waals surface area contributed by atoms with Gasteiger partial charge < -0.3 is 10.2 Å². The first kappa shape index (κ1) is 15.2. The second-order valence-electron chi connectivity index (χ2n) is 4.12. The SMILES string of the molecule is C=CC(=O)NC(CC)CN(CCC)CCC. The van der Waals surface area contributed by atoms with Gasteiger partial charge in [-0.3, -0.25) is 4.79 Å². The highest BCUT2D eigenvalue weighted by atomic mass is 16.1. The number of rotatable bonds is 9. The monoisotopic (exact) mass is 226 g/mol. The van der Waals surface area contributed by atoms with Crippen molar-refractivity contribution in [1.82, 2.24) is 10.2 Å². The van der Waals surface area contributed by atoms with Gasteiger partial charge >= 0.3 is 0 Å². The van der Waals surface area contributed by atoms with Crippen LogP contribution in [0.4, 0.5) is 0 Å². The minimum Gasteiger partial charge on any atom is -0.349 e. The summed E-state index contributed by atoms with van der Waals surface area (Å²) >= 11 is 0. The van der Waals surface area contributed by atoms with Crippen molar-refractivity contribution in [2.75, 3.05) is 19.6 Å². The highest BCUT2D eigenvalue weighted by molar-refractivity contribution is 5.87. The summed E-state index contributed by atoms with van der Waals surface area (Å²) in [5, 5.41) is 2.96. The zero-order valence-corrected chi connectivity index (χ0v) is 11.0. The summed E-state index contributed by atoms with van der Waals surface area (Å²) in [5.41, 5.74) is 0. The molecule has 0 saturated carbocycles. The average molecular weight is 226 g/mol. The molecule has 0 aromatic carbocycles. The molecule has 0 rings (SSSR count). The van der Waals surface area contributed by atoms with Gasteiger partial charge in [-0.2, -0.15) is 0 Å². The molecule has 0 aliphatic rings. The van der Waals surface area contributed by atoms with Gasteiger partial charge in [0.15, 0.2) is 0 Å². The highest BCUT2D eigenvalue weighted by Gasteiger charge is 2.12. The molecule has 0 aliphatic heterocycles. The van der Waals surface area contributed by atoms with E-state index in [2.05, 4.69) is 37.6 Å². The molecule has 3 heteroatoms. The minimum absolute atomic E-state index is 0.0696. The maximum absolute atomic E-state index is 11.2. The van der Waals surface area contributed by atoms with Crippen LogP contribution >= 0.6 is 0 Å². The third-order valence-corrected chi connectivity index (χ3v) is 2.58. The second kappa shape index (κ2) is 9.40. The summed E-state index contributed by atoms with van der Waals surface area (Å²) in [4.78, 5) is 13.6. The van der Waals surface area contributed by atoms with Crippen LogP contribution in [-0.4, -0.2) is 36.5 Å². The van der Waals surface area contributed by atoms with Crippen molar-refractivity contribution in [3.63, 3.8) is 0 Å². The molecular formula is C13H26N2O. The molecule has 94 valence electrons. The quantitative estimate of drug-likeness (QED) is 0.611. The van der Waals surface area contributed by atoms with Gasteiger partial charge in [0.05, 0.1) is 0 Å². The zero-order chi connectivity index (χ0) is 12.4. The summed E-state index contributed by atoms with van der Waals surface area (Å²) in [5.74, 6) is -0.0696. The third-order valence-electron chi connectivity index (χ3n) is 2.58. The van der Waals surface area contributed by atoms with E-state index in [1.54, 1.807) is 0 Å². The molecule has 16 heavy (non-hydrogen) atoms. The molecule has 3 nitrogen and oxygen atoms in total. The molecule has 0 heterocycles. The van der Waals surface area contributed by atoms with E-state index in [9.17, 15) is 4.79 Å². The van der Waals surface area contributed by atoms with Gasteiger partial charge in [0.25, 0.3) is 0 Å². The predicted molar refractivity (Wildman–Crippen MR) is 69.4 cm³/mol. The van der Waals surface area contributed by atoms with Gasteiger partial charge in [0, 0.05) is 12.6 Å². The van der Waals surface area contributed by atoms with Gasteiger partial charge in [-0.15, -0.1) is 0 Å². The van der Waals surface area contributed by atoms with Crippen LogP contribution in [0, 0.1) is 0 Å². The molecule has 1 N–H and O–H groups in total. The first-order valence-electron chi connectivity index (χ1n) is 6.33. The van der Waals surface area contributed by atoms with E-state index in [4.69, 9.17) is 0 Å². The molecule has 0 spiro atoms. The highest BCUT2D eigenvalue weighted by Crippen LogP contribution is 2.00. The number of nitrogens with zero attached hydrogens (tertiary/aromatic N) is 1. The lowest BCUT2D eigenvalue weighted by Crippen LogP contribution is -2.43. The molecule has 0 fully saturated rings. The number of amides is 1. The van der Waals surface area contributed by atoms with Crippen molar-refractivity contribution >= 4 is 5.91 Å². The number of carbonyl (C=O) groups excluding carboxylic acids is 1. The van der Waals surface area contributed by atoms with Gasteiger partial charge in [-0.05, 0) is 38.4 Å². The van der Waals surface area contributed by atoms with E-state index in [1.807, 2.05) is 0 Å². The summed E-state index contributed by atoms with van der Waals surface area (Å²) in [7, 11) is 0. The second-order valence-corrected chi connectivity index (χ2v) is 4.12. The van der Waals surface area contributed by atoms with Crippen molar-refractivity contribution in [2.45, 2.75) is 46.1 Å². The fourth-order valence-corrected chi connectivity index (χ4v) is 1.78. The Labute approximate surface area is 99.9 Å². The van der Waals surface area contributed by atoms with E-state index < -0.39 is 0 Å². The van der Waals surface area contributed by atoms with Gasteiger partial charge in [-0.1, -0.05) is 27.4 Å². The van der Waals surface area contributed by atoms with Crippen molar-refractivity contribution in [1.29, 1.82) is 0 Å². The Kier molecular flexibility index (Phi) is 8.91. The Hall–Kier alpha value is -0.830. The number of carbonyl (C=O) groups is 1. The minimum atomic E-state index is -0.0696. The molecule has 1 atom stereocenters. The topological polar surface area (TPSA) is 32.3 Å². The number of hydrogen-bond donors (Lipinski definition) is 1. The van der Waals surface area contributed by atoms with E-state index in [1.165, 1.54) is 6.08 Å². The Morgan fingerprint density at radius 3 is 2.25 bits per heavy atom. The van der Waals surface area contributed by atoms with Crippen LogP contribution in [0.3, 0.4) is 0 Å². The summed E-state index contributed by atoms with van der Waals surface area (Å²) < 4.78 is 0. The molecule has 0 aliphatic carbocycles. The Morgan fingerprint density at radius 2 is 1.88 bits per heavy atom. The van der Waals surface area contributed by atoms with Crippen LogP contribution in [0.25, 0.3) is 0 Å². The first-order valence-corrected chi connectivity index (χ1v) is 6.33.